The zero-order valence-electron chi connectivity index (χ0n) is 26.9. The standard InChI is InChI=1S/C18H20.C17H17N.C7H8/c1-5-8-16-12-11-14(3)18(15(16)4)17-10-7-6-9-13(17)2;1-13(2)16-11-7-8-12-17(16)18-14(3)15-9-5-4-6-10-15;1-7-5-3-2-4-6-7/h5-12H,1-4H3;4-12H,1H2,2-3H3;2-6H,1H3/b8-5-;;. The quantitative estimate of drug-likeness (QED) is 0.189. The summed E-state index contributed by atoms with van der Waals surface area (Å²) in [4.78, 5) is 4.71. The zero-order chi connectivity index (χ0) is 31.2. The largest absolute Gasteiger partial charge is 0.253 e. The summed E-state index contributed by atoms with van der Waals surface area (Å²) in [7, 11) is 0. The number of aliphatic imine (C=N–C) groups is 1. The summed E-state index contributed by atoms with van der Waals surface area (Å²) in [5.41, 5.74) is 14.7. The van der Waals surface area contributed by atoms with E-state index in [-0.39, 0.29) is 0 Å². The van der Waals surface area contributed by atoms with E-state index in [1.807, 2.05) is 68.4 Å². The van der Waals surface area contributed by atoms with Crippen LogP contribution in [0, 0.1) is 27.7 Å². The molecule has 0 N–H and O–H groups in total. The Kier molecular flexibility index (Phi) is 12.7. The van der Waals surface area contributed by atoms with Crippen molar-refractivity contribution in [2.75, 3.05) is 0 Å². The van der Waals surface area contributed by atoms with Crippen LogP contribution >= 0.6 is 0 Å². The number of hydrogen-bond donors (Lipinski definition) is 0. The first-order valence-electron chi connectivity index (χ1n) is 14.9. The minimum atomic E-state index is 0.978. The molecule has 0 bridgehead atoms. The molecule has 0 aliphatic carbocycles. The highest BCUT2D eigenvalue weighted by atomic mass is 14.7. The number of rotatable bonds is 5. The molecule has 5 aromatic rings. The highest BCUT2D eigenvalue weighted by Crippen LogP contribution is 2.32. The fourth-order valence-electron chi connectivity index (χ4n) is 4.88. The van der Waals surface area contributed by atoms with Crippen molar-refractivity contribution in [2.24, 2.45) is 4.99 Å². The van der Waals surface area contributed by atoms with Crippen LogP contribution < -0.4 is 0 Å². The summed E-state index contributed by atoms with van der Waals surface area (Å²) in [5, 5.41) is 0. The maximum Gasteiger partial charge on any atom is 0.0707 e. The Morgan fingerprint density at radius 2 is 1.21 bits per heavy atom. The van der Waals surface area contributed by atoms with E-state index in [4.69, 9.17) is 4.99 Å². The van der Waals surface area contributed by atoms with Crippen molar-refractivity contribution in [3.63, 3.8) is 0 Å². The van der Waals surface area contributed by atoms with E-state index in [0.717, 1.165) is 28.1 Å². The number of para-hydroxylation sites is 1. The van der Waals surface area contributed by atoms with Crippen LogP contribution in [0.25, 0.3) is 22.8 Å². The molecule has 0 fully saturated rings. The van der Waals surface area contributed by atoms with E-state index < -0.39 is 0 Å². The van der Waals surface area contributed by atoms with Crippen LogP contribution in [0.1, 0.15) is 59.7 Å². The summed E-state index contributed by atoms with van der Waals surface area (Å²) in [6, 6.07) is 41.6. The molecule has 218 valence electrons. The van der Waals surface area contributed by atoms with Crippen LogP contribution in [-0.4, -0.2) is 5.71 Å². The van der Waals surface area contributed by atoms with Gasteiger partial charge in [0.15, 0.2) is 0 Å². The summed E-state index contributed by atoms with van der Waals surface area (Å²) < 4.78 is 0. The predicted octanol–water partition coefficient (Wildman–Crippen LogP) is 12.2. The van der Waals surface area contributed by atoms with Gasteiger partial charge in [-0.05, 0) is 99.0 Å². The van der Waals surface area contributed by atoms with E-state index >= 15 is 0 Å². The molecular formula is C42H45N. The lowest BCUT2D eigenvalue weighted by Gasteiger charge is -2.15. The van der Waals surface area contributed by atoms with Crippen LogP contribution in [0.15, 0.2) is 139 Å². The van der Waals surface area contributed by atoms with Gasteiger partial charge in [-0.1, -0.05) is 140 Å². The summed E-state index contributed by atoms with van der Waals surface area (Å²) in [6.45, 7) is 18.8. The van der Waals surface area contributed by atoms with Crippen LogP contribution in [0.4, 0.5) is 5.69 Å². The normalized spacial score (nSPS) is 10.8. The number of nitrogens with zero attached hydrogens (tertiary/aromatic N) is 1. The molecule has 0 radical (unpaired) electrons. The predicted molar refractivity (Wildman–Crippen MR) is 191 cm³/mol. The second-order valence-corrected chi connectivity index (χ2v) is 10.8. The first-order chi connectivity index (χ1) is 20.7. The van der Waals surface area contributed by atoms with E-state index in [2.05, 4.69) is 120 Å². The fraction of sp³-hybridized carbons (Fsp3) is 0.167. The maximum atomic E-state index is 4.71. The minimum Gasteiger partial charge on any atom is -0.253 e. The van der Waals surface area contributed by atoms with Crippen molar-refractivity contribution < 1.29 is 0 Å². The van der Waals surface area contributed by atoms with Crippen molar-refractivity contribution in [3.05, 3.63) is 173 Å². The molecule has 1 nitrogen and oxygen atoms in total. The summed E-state index contributed by atoms with van der Waals surface area (Å²) in [5.74, 6) is 0. The molecule has 1 heteroatoms. The van der Waals surface area contributed by atoms with Gasteiger partial charge in [0.2, 0.25) is 0 Å². The Labute approximate surface area is 260 Å². The smallest absolute Gasteiger partial charge is 0.0707 e. The number of allylic oxidation sites excluding steroid dienone is 2. The molecule has 0 aliphatic rings. The monoisotopic (exact) mass is 563 g/mol. The highest BCUT2D eigenvalue weighted by molar-refractivity contribution is 6.00. The lowest BCUT2D eigenvalue weighted by molar-refractivity contribution is 1.34. The SMILES string of the molecule is C/C=C\c1ccc(C)c(-c2ccccc2C)c1C.C=C(C)c1ccccc1N=C(C)c1ccccc1.Cc1ccccc1. The number of hydrogen-bond acceptors (Lipinski definition) is 1. The third-order valence-corrected chi connectivity index (χ3v) is 7.26. The second-order valence-electron chi connectivity index (χ2n) is 10.8. The van der Waals surface area contributed by atoms with Gasteiger partial charge in [-0.2, -0.15) is 0 Å². The molecule has 0 saturated carbocycles. The van der Waals surface area contributed by atoms with Gasteiger partial charge in [0.25, 0.3) is 0 Å². The molecule has 0 unspecified atom stereocenters. The van der Waals surface area contributed by atoms with Gasteiger partial charge in [-0.15, -0.1) is 0 Å². The van der Waals surface area contributed by atoms with Crippen molar-refractivity contribution in [1.29, 1.82) is 0 Å². The Balaban J connectivity index is 0.000000193. The first kappa shape index (κ1) is 32.8. The molecule has 0 spiro atoms. The lowest BCUT2D eigenvalue weighted by Crippen LogP contribution is -1.93. The average molecular weight is 564 g/mol. The average Bonchev–Trinajstić information content (AvgIpc) is 3.01. The minimum absolute atomic E-state index is 0.978. The Bertz CT molecular complexity index is 1670. The van der Waals surface area contributed by atoms with Gasteiger partial charge >= 0.3 is 0 Å². The summed E-state index contributed by atoms with van der Waals surface area (Å²) >= 11 is 0. The van der Waals surface area contributed by atoms with Crippen LogP contribution in [0.3, 0.4) is 0 Å². The first-order valence-corrected chi connectivity index (χ1v) is 14.9. The van der Waals surface area contributed by atoms with Gasteiger partial charge in [0, 0.05) is 11.3 Å². The Morgan fingerprint density at radius 1 is 0.628 bits per heavy atom. The maximum absolute atomic E-state index is 4.71. The molecule has 5 aromatic carbocycles. The highest BCUT2D eigenvalue weighted by Gasteiger charge is 2.10. The number of benzene rings is 5. The third-order valence-electron chi connectivity index (χ3n) is 7.26. The van der Waals surface area contributed by atoms with Crippen molar-refractivity contribution in [3.8, 4) is 11.1 Å². The van der Waals surface area contributed by atoms with Crippen molar-refractivity contribution >= 4 is 23.0 Å². The fourth-order valence-corrected chi connectivity index (χ4v) is 4.88. The van der Waals surface area contributed by atoms with Gasteiger partial charge in [0.1, 0.15) is 0 Å². The van der Waals surface area contributed by atoms with Crippen LogP contribution in [0.5, 0.6) is 0 Å². The zero-order valence-corrected chi connectivity index (χ0v) is 26.9. The van der Waals surface area contributed by atoms with E-state index in [9.17, 15) is 0 Å². The van der Waals surface area contributed by atoms with Gasteiger partial charge in [-0.3, -0.25) is 4.99 Å². The van der Waals surface area contributed by atoms with E-state index in [1.54, 1.807) is 0 Å². The summed E-state index contributed by atoms with van der Waals surface area (Å²) in [6.07, 6.45) is 4.27. The van der Waals surface area contributed by atoms with Crippen LogP contribution in [-0.2, 0) is 0 Å². The lowest BCUT2D eigenvalue weighted by atomic mass is 9.90. The Morgan fingerprint density at radius 3 is 1.79 bits per heavy atom. The topological polar surface area (TPSA) is 12.4 Å². The van der Waals surface area contributed by atoms with Gasteiger partial charge in [0.05, 0.1) is 5.69 Å². The molecular weight excluding hydrogens is 518 g/mol. The molecule has 0 aliphatic heterocycles. The molecule has 0 atom stereocenters. The van der Waals surface area contributed by atoms with Gasteiger partial charge < -0.3 is 0 Å². The Hall–Kier alpha value is -4.75. The molecule has 5 rings (SSSR count). The second kappa shape index (κ2) is 16.6. The third kappa shape index (κ3) is 9.65. The van der Waals surface area contributed by atoms with E-state index in [1.165, 1.54) is 38.9 Å². The van der Waals surface area contributed by atoms with E-state index in [0.29, 0.717) is 0 Å². The molecule has 0 aromatic heterocycles. The number of aryl methyl sites for hydroxylation is 3. The molecule has 0 saturated heterocycles. The molecule has 0 heterocycles. The van der Waals surface area contributed by atoms with Gasteiger partial charge in [-0.25, -0.2) is 0 Å². The van der Waals surface area contributed by atoms with Crippen LogP contribution in [0.2, 0.25) is 0 Å². The van der Waals surface area contributed by atoms with Crippen molar-refractivity contribution in [1.82, 2.24) is 0 Å². The molecule has 0 amide bonds. The molecule has 43 heavy (non-hydrogen) atoms. The van der Waals surface area contributed by atoms with Crippen molar-refractivity contribution in [2.45, 2.75) is 48.5 Å².